The molecule has 0 aliphatic heterocycles. The summed E-state index contributed by atoms with van der Waals surface area (Å²) in [6.07, 6.45) is 0.921. The van der Waals surface area contributed by atoms with Gasteiger partial charge in [0.1, 0.15) is 0 Å². The van der Waals surface area contributed by atoms with Crippen molar-refractivity contribution in [3.63, 3.8) is 0 Å². The Morgan fingerprint density at radius 3 is 2.82 bits per heavy atom. The molecule has 0 saturated heterocycles. The van der Waals surface area contributed by atoms with Crippen LogP contribution in [0.2, 0.25) is 0 Å². The molecule has 1 aromatic heterocycles. The molecule has 8 heteroatoms. The fourth-order valence-electron chi connectivity index (χ4n) is 0.977. The van der Waals surface area contributed by atoms with Crippen LogP contribution in [0, 0.1) is 5.92 Å². The van der Waals surface area contributed by atoms with Gasteiger partial charge in [-0.1, -0.05) is 25.9 Å². The SMILES string of the molecule is CCCn1nnc(NC(=S)NC(=O)C(C)C)n1. The Morgan fingerprint density at radius 1 is 1.53 bits per heavy atom. The Hall–Kier alpha value is -1.57. The number of nitrogens with one attached hydrogen (secondary N) is 2. The van der Waals surface area contributed by atoms with Crippen molar-refractivity contribution < 1.29 is 4.79 Å². The van der Waals surface area contributed by atoms with E-state index >= 15 is 0 Å². The number of hydrogen-bond donors (Lipinski definition) is 2. The summed E-state index contributed by atoms with van der Waals surface area (Å²) in [5.74, 6) is 0.00874. The summed E-state index contributed by atoms with van der Waals surface area (Å²) in [6.45, 7) is 6.28. The van der Waals surface area contributed by atoms with Gasteiger partial charge >= 0.3 is 0 Å². The molecule has 1 amide bonds. The lowest BCUT2D eigenvalue weighted by atomic mass is 10.2. The molecule has 0 radical (unpaired) electrons. The van der Waals surface area contributed by atoms with E-state index in [0.29, 0.717) is 6.54 Å². The van der Waals surface area contributed by atoms with E-state index < -0.39 is 0 Å². The van der Waals surface area contributed by atoms with E-state index in [9.17, 15) is 4.79 Å². The Kier molecular flexibility index (Phi) is 4.95. The predicted molar refractivity (Wildman–Crippen MR) is 67.3 cm³/mol. The van der Waals surface area contributed by atoms with Gasteiger partial charge < -0.3 is 5.32 Å². The van der Waals surface area contributed by atoms with Gasteiger partial charge in [-0.3, -0.25) is 10.1 Å². The minimum atomic E-state index is -0.150. The molecule has 7 nitrogen and oxygen atoms in total. The largest absolute Gasteiger partial charge is 0.303 e. The zero-order valence-electron chi connectivity index (χ0n) is 10.1. The van der Waals surface area contributed by atoms with Gasteiger partial charge in [0, 0.05) is 5.92 Å². The van der Waals surface area contributed by atoms with Crippen LogP contribution in [-0.4, -0.2) is 31.2 Å². The number of nitrogens with zero attached hydrogens (tertiary/aromatic N) is 4. The summed E-state index contributed by atoms with van der Waals surface area (Å²) < 4.78 is 0. The van der Waals surface area contributed by atoms with E-state index in [4.69, 9.17) is 12.2 Å². The number of carbonyl (C=O) groups excluding carboxylic acids is 1. The van der Waals surface area contributed by atoms with Crippen LogP contribution in [0.15, 0.2) is 0 Å². The van der Waals surface area contributed by atoms with Gasteiger partial charge in [-0.05, 0) is 23.9 Å². The Bertz CT molecular complexity index is 402. The van der Waals surface area contributed by atoms with Gasteiger partial charge in [0.2, 0.25) is 5.91 Å². The molecule has 1 heterocycles. The van der Waals surface area contributed by atoms with Gasteiger partial charge in [-0.2, -0.15) is 4.80 Å². The summed E-state index contributed by atoms with van der Waals surface area (Å²) in [4.78, 5) is 12.8. The zero-order valence-corrected chi connectivity index (χ0v) is 10.9. The Balaban J connectivity index is 2.47. The fourth-order valence-corrected chi connectivity index (χ4v) is 1.17. The second kappa shape index (κ2) is 6.24. The molecule has 0 aliphatic carbocycles. The highest BCUT2D eigenvalue weighted by molar-refractivity contribution is 7.80. The number of anilines is 1. The molecule has 0 aromatic carbocycles. The molecule has 0 atom stereocenters. The molecule has 0 saturated carbocycles. The molecule has 17 heavy (non-hydrogen) atoms. The highest BCUT2D eigenvalue weighted by Gasteiger charge is 2.10. The van der Waals surface area contributed by atoms with Crippen LogP contribution >= 0.6 is 12.2 Å². The van der Waals surface area contributed by atoms with Crippen LogP contribution in [0.1, 0.15) is 27.2 Å². The lowest BCUT2D eigenvalue weighted by Crippen LogP contribution is -2.37. The van der Waals surface area contributed by atoms with Crippen molar-refractivity contribution in [2.45, 2.75) is 33.7 Å². The van der Waals surface area contributed by atoms with Crippen LogP contribution in [0.4, 0.5) is 5.95 Å². The molecule has 0 fully saturated rings. The van der Waals surface area contributed by atoms with Gasteiger partial charge in [0.05, 0.1) is 6.54 Å². The first-order valence-corrected chi connectivity index (χ1v) is 5.83. The average molecular weight is 256 g/mol. The number of hydrogen-bond acceptors (Lipinski definition) is 5. The third-order valence-electron chi connectivity index (χ3n) is 1.86. The van der Waals surface area contributed by atoms with Crippen molar-refractivity contribution in [1.29, 1.82) is 0 Å². The molecule has 0 unspecified atom stereocenters. The lowest BCUT2D eigenvalue weighted by molar-refractivity contribution is -0.122. The van der Waals surface area contributed by atoms with Crippen molar-refractivity contribution in [3.8, 4) is 0 Å². The fraction of sp³-hybridized carbons (Fsp3) is 0.667. The van der Waals surface area contributed by atoms with Crippen LogP contribution in [0.25, 0.3) is 0 Å². The lowest BCUT2D eigenvalue weighted by Gasteiger charge is -2.07. The molecule has 0 bridgehead atoms. The first kappa shape index (κ1) is 13.5. The minimum Gasteiger partial charge on any atom is -0.303 e. The number of tetrazole rings is 1. The summed E-state index contributed by atoms with van der Waals surface area (Å²) >= 11 is 4.95. The molecule has 94 valence electrons. The molecule has 2 N–H and O–H groups in total. The van der Waals surface area contributed by atoms with Crippen molar-refractivity contribution in [2.24, 2.45) is 5.92 Å². The molecule has 0 aliphatic rings. The van der Waals surface area contributed by atoms with E-state index in [1.165, 1.54) is 4.80 Å². The maximum Gasteiger partial charge on any atom is 0.269 e. The van der Waals surface area contributed by atoms with E-state index in [0.717, 1.165) is 6.42 Å². The smallest absolute Gasteiger partial charge is 0.269 e. The maximum atomic E-state index is 11.4. The van der Waals surface area contributed by atoms with Gasteiger partial charge in [0.25, 0.3) is 5.95 Å². The number of aryl methyl sites for hydroxylation is 1. The quantitative estimate of drug-likeness (QED) is 0.765. The van der Waals surface area contributed by atoms with Gasteiger partial charge in [-0.25, -0.2) is 0 Å². The second-order valence-corrected chi connectivity index (χ2v) is 4.22. The first-order chi connectivity index (χ1) is 8.02. The van der Waals surface area contributed by atoms with Crippen molar-refractivity contribution >= 4 is 29.2 Å². The van der Waals surface area contributed by atoms with Crippen molar-refractivity contribution in [3.05, 3.63) is 0 Å². The highest BCUT2D eigenvalue weighted by Crippen LogP contribution is 1.96. The first-order valence-electron chi connectivity index (χ1n) is 5.42. The highest BCUT2D eigenvalue weighted by atomic mass is 32.1. The normalized spacial score (nSPS) is 10.4. The van der Waals surface area contributed by atoms with E-state index in [1.54, 1.807) is 13.8 Å². The second-order valence-electron chi connectivity index (χ2n) is 3.81. The molecule has 0 spiro atoms. The summed E-state index contributed by atoms with van der Waals surface area (Å²) in [7, 11) is 0. The average Bonchev–Trinajstić information content (AvgIpc) is 2.65. The zero-order chi connectivity index (χ0) is 12.8. The summed E-state index contributed by atoms with van der Waals surface area (Å²) in [5.41, 5.74) is 0. The molecular weight excluding hydrogens is 240 g/mol. The molecule has 1 aromatic rings. The number of aromatic nitrogens is 4. The number of amides is 1. The summed E-state index contributed by atoms with van der Waals surface area (Å²) in [6, 6.07) is 0. The van der Waals surface area contributed by atoms with Gasteiger partial charge in [0.15, 0.2) is 5.11 Å². The van der Waals surface area contributed by atoms with E-state index in [-0.39, 0.29) is 22.9 Å². The van der Waals surface area contributed by atoms with Crippen LogP contribution < -0.4 is 10.6 Å². The Labute approximate surface area is 105 Å². The van der Waals surface area contributed by atoms with Crippen LogP contribution in [-0.2, 0) is 11.3 Å². The number of rotatable bonds is 4. The monoisotopic (exact) mass is 256 g/mol. The maximum absolute atomic E-state index is 11.4. The Morgan fingerprint density at radius 2 is 2.24 bits per heavy atom. The third kappa shape index (κ3) is 4.43. The van der Waals surface area contributed by atoms with Crippen LogP contribution in [0.5, 0.6) is 0 Å². The van der Waals surface area contributed by atoms with E-state index in [2.05, 4.69) is 26.0 Å². The molecular formula is C9H16N6OS. The minimum absolute atomic E-state index is 0.126. The van der Waals surface area contributed by atoms with Gasteiger partial charge in [-0.15, -0.1) is 5.10 Å². The molecule has 1 rings (SSSR count). The predicted octanol–water partition coefficient (Wildman–Crippen LogP) is 0.552. The third-order valence-corrected chi connectivity index (χ3v) is 2.07. The number of carbonyl (C=O) groups is 1. The topological polar surface area (TPSA) is 84.7 Å². The van der Waals surface area contributed by atoms with Crippen LogP contribution in [0.3, 0.4) is 0 Å². The summed E-state index contributed by atoms with van der Waals surface area (Å²) in [5, 5.41) is 17.0. The van der Waals surface area contributed by atoms with Crippen molar-refractivity contribution in [2.75, 3.05) is 5.32 Å². The standard InChI is InChI=1S/C9H16N6OS/c1-4-5-15-13-8(12-14-15)11-9(17)10-7(16)6(2)3/h6H,4-5H2,1-3H3,(H2,10,11,13,16,17). The van der Waals surface area contributed by atoms with Crippen molar-refractivity contribution in [1.82, 2.24) is 25.5 Å². The number of thiocarbonyl (C=S) groups is 1. The van der Waals surface area contributed by atoms with E-state index in [1.807, 2.05) is 6.92 Å².